The lowest BCUT2D eigenvalue weighted by molar-refractivity contribution is 0.0942. The van der Waals surface area contributed by atoms with E-state index in [0.29, 0.717) is 16.9 Å². The Morgan fingerprint density at radius 2 is 1.67 bits per heavy atom. The topological polar surface area (TPSA) is 68.1 Å². The Labute approximate surface area is 196 Å². The van der Waals surface area contributed by atoms with Gasteiger partial charge in [-0.2, -0.15) is 0 Å². The molecule has 1 aromatic heterocycles. The van der Waals surface area contributed by atoms with Crippen LogP contribution in [-0.4, -0.2) is 25.2 Å². The Morgan fingerprint density at radius 1 is 1.07 bits per heavy atom. The molecule has 0 unspecified atom stereocenters. The third kappa shape index (κ3) is 4.86. The molecule has 0 aliphatic rings. The van der Waals surface area contributed by atoms with Crippen LogP contribution in [0.2, 0.25) is 0 Å². The van der Waals surface area contributed by atoms with Crippen molar-refractivity contribution in [2.45, 2.75) is 16.9 Å². The van der Waals surface area contributed by atoms with E-state index in [1.165, 1.54) is 4.68 Å². The Kier molecular flexibility index (Phi) is 6.87. The van der Waals surface area contributed by atoms with Crippen LogP contribution in [0.1, 0.15) is 16.1 Å². The number of amides is 1. The van der Waals surface area contributed by atoms with Crippen LogP contribution in [-0.2, 0) is 7.05 Å². The first-order valence-corrected chi connectivity index (χ1v) is 10.8. The lowest BCUT2D eigenvalue weighted by Gasteiger charge is -2.27. The fourth-order valence-corrected chi connectivity index (χ4v) is 3.49. The van der Waals surface area contributed by atoms with Crippen molar-refractivity contribution in [1.82, 2.24) is 14.7 Å². The van der Waals surface area contributed by atoms with Gasteiger partial charge in [-0.3, -0.25) is 14.3 Å². The second kappa shape index (κ2) is 9.06. The number of rotatable bonds is 5. The molecule has 30 heavy (non-hydrogen) atoms. The minimum absolute atomic E-state index is 0.216. The molecule has 0 aliphatic carbocycles. The van der Waals surface area contributed by atoms with Gasteiger partial charge in [0.25, 0.3) is 11.5 Å². The predicted octanol–water partition coefficient (Wildman–Crippen LogP) is 4.79. The number of aromatic nitrogens is 2. The number of anilines is 1. The molecule has 0 aliphatic heterocycles. The van der Waals surface area contributed by atoms with Gasteiger partial charge in [0, 0.05) is 17.1 Å². The quantitative estimate of drug-likeness (QED) is 0.367. The van der Waals surface area contributed by atoms with Gasteiger partial charge < -0.3 is 10.6 Å². The first kappa shape index (κ1) is 22.7. The van der Waals surface area contributed by atoms with Crippen molar-refractivity contribution in [2.75, 3.05) is 5.32 Å². The molecule has 2 N–H and O–H groups in total. The number of nitrogens with zero attached hydrogens (tertiary/aromatic N) is 2. The van der Waals surface area contributed by atoms with E-state index in [0.717, 1.165) is 4.47 Å². The molecular formula is C20H18BrCl3N4O2. The van der Waals surface area contributed by atoms with Gasteiger partial charge in [0.2, 0.25) is 3.79 Å². The van der Waals surface area contributed by atoms with Gasteiger partial charge in [-0.1, -0.05) is 68.9 Å². The maximum atomic E-state index is 13.1. The van der Waals surface area contributed by atoms with Crippen LogP contribution in [0.15, 0.2) is 63.9 Å². The summed E-state index contributed by atoms with van der Waals surface area (Å²) in [6.45, 7) is 1.76. The number of nitrogens with one attached hydrogen (secondary N) is 2. The first-order chi connectivity index (χ1) is 14.1. The number of hydrogen-bond acceptors (Lipinski definition) is 3. The molecule has 0 saturated heterocycles. The molecule has 1 amide bonds. The molecule has 6 nitrogen and oxygen atoms in total. The molecule has 158 valence electrons. The summed E-state index contributed by atoms with van der Waals surface area (Å²) in [5.74, 6) is -0.455. The molecule has 1 atom stereocenters. The second-order valence-electron chi connectivity index (χ2n) is 6.54. The molecule has 10 heteroatoms. The average Bonchev–Trinajstić information content (AvgIpc) is 2.91. The van der Waals surface area contributed by atoms with Gasteiger partial charge in [0.15, 0.2) is 0 Å². The Balaban J connectivity index is 1.94. The number of benzene rings is 2. The highest BCUT2D eigenvalue weighted by Crippen LogP contribution is 2.31. The SMILES string of the molecule is Cc1c(N[C@H](NC(=O)c2ccc(Br)cc2)C(Cl)(Cl)Cl)c(=O)n(-c2ccccc2)n1C. The van der Waals surface area contributed by atoms with Gasteiger partial charge in [-0.15, -0.1) is 0 Å². The van der Waals surface area contributed by atoms with Crippen molar-refractivity contribution >= 4 is 62.3 Å². The van der Waals surface area contributed by atoms with E-state index in [9.17, 15) is 9.59 Å². The van der Waals surface area contributed by atoms with E-state index in [1.807, 2.05) is 30.3 Å². The summed E-state index contributed by atoms with van der Waals surface area (Å²) < 4.78 is 2.09. The number of hydrogen-bond donors (Lipinski definition) is 2. The highest BCUT2D eigenvalue weighted by atomic mass is 79.9. The number of carbonyl (C=O) groups excluding carboxylic acids is 1. The molecule has 0 spiro atoms. The maximum absolute atomic E-state index is 13.1. The highest BCUT2D eigenvalue weighted by molar-refractivity contribution is 9.10. The zero-order valence-electron chi connectivity index (χ0n) is 16.0. The minimum atomic E-state index is -1.92. The van der Waals surface area contributed by atoms with Crippen LogP contribution >= 0.6 is 50.7 Å². The number of para-hydroxylation sites is 1. The summed E-state index contributed by atoms with van der Waals surface area (Å²) in [5, 5.41) is 5.55. The molecule has 0 saturated carbocycles. The van der Waals surface area contributed by atoms with Crippen LogP contribution in [0.4, 0.5) is 5.69 Å². The molecular weight excluding hydrogens is 515 g/mol. The van der Waals surface area contributed by atoms with E-state index in [1.54, 1.807) is 42.9 Å². The van der Waals surface area contributed by atoms with Crippen molar-refractivity contribution in [1.29, 1.82) is 0 Å². The molecule has 0 radical (unpaired) electrons. The summed E-state index contributed by atoms with van der Waals surface area (Å²) in [4.78, 5) is 25.7. The number of alkyl halides is 3. The third-order valence-electron chi connectivity index (χ3n) is 4.55. The standard InChI is InChI=1S/C20H18BrCl3N4O2/c1-12-16(18(30)28(27(12)2)15-6-4-3-5-7-15)25-19(20(22,23)24)26-17(29)13-8-10-14(21)11-9-13/h3-11,19,25H,1-2H3,(H,26,29)/t19-/m1/s1. The molecule has 3 rings (SSSR count). The fraction of sp³-hybridized carbons (Fsp3) is 0.200. The monoisotopic (exact) mass is 530 g/mol. The van der Waals surface area contributed by atoms with Crippen LogP contribution in [0.3, 0.4) is 0 Å². The molecule has 3 aromatic rings. The van der Waals surface area contributed by atoms with Crippen LogP contribution in [0, 0.1) is 6.92 Å². The maximum Gasteiger partial charge on any atom is 0.295 e. The average molecular weight is 533 g/mol. The summed E-state index contributed by atoms with van der Waals surface area (Å²) in [7, 11) is 1.75. The van der Waals surface area contributed by atoms with Gasteiger partial charge in [-0.05, 0) is 43.3 Å². The van der Waals surface area contributed by atoms with E-state index >= 15 is 0 Å². The Morgan fingerprint density at radius 3 is 2.23 bits per heavy atom. The van der Waals surface area contributed by atoms with Crippen LogP contribution in [0.5, 0.6) is 0 Å². The van der Waals surface area contributed by atoms with E-state index in [-0.39, 0.29) is 11.2 Å². The second-order valence-corrected chi connectivity index (χ2v) is 9.82. The molecule has 0 bridgehead atoms. The lowest BCUT2D eigenvalue weighted by atomic mass is 10.2. The number of halogens is 4. The summed E-state index contributed by atoms with van der Waals surface area (Å²) >= 11 is 21.6. The van der Waals surface area contributed by atoms with Crippen molar-refractivity contribution < 1.29 is 4.79 Å². The van der Waals surface area contributed by atoms with Gasteiger partial charge >= 0.3 is 0 Å². The van der Waals surface area contributed by atoms with Crippen LogP contribution < -0.4 is 16.2 Å². The zero-order chi connectivity index (χ0) is 22.1. The van der Waals surface area contributed by atoms with Gasteiger partial charge in [-0.25, -0.2) is 4.68 Å². The molecule has 1 heterocycles. The Hall–Kier alpha value is -1.93. The predicted molar refractivity (Wildman–Crippen MR) is 125 cm³/mol. The third-order valence-corrected chi connectivity index (χ3v) is 5.74. The van der Waals surface area contributed by atoms with Crippen molar-refractivity contribution in [2.24, 2.45) is 7.05 Å². The summed E-state index contributed by atoms with van der Waals surface area (Å²) in [6.07, 6.45) is -1.16. The summed E-state index contributed by atoms with van der Waals surface area (Å²) in [6, 6.07) is 15.9. The smallest absolute Gasteiger partial charge is 0.295 e. The van der Waals surface area contributed by atoms with E-state index in [2.05, 4.69) is 26.6 Å². The van der Waals surface area contributed by atoms with Crippen LogP contribution in [0.25, 0.3) is 5.69 Å². The normalized spacial score (nSPS) is 12.5. The van der Waals surface area contributed by atoms with E-state index in [4.69, 9.17) is 34.8 Å². The zero-order valence-corrected chi connectivity index (χ0v) is 19.9. The largest absolute Gasteiger partial charge is 0.356 e. The fourth-order valence-electron chi connectivity index (χ4n) is 2.89. The molecule has 2 aromatic carbocycles. The highest BCUT2D eigenvalue weighted by Gasteiger charge is 2.36. The minimum Gasteiger partial charge on any atom is -0.356 e. The number of carbonyl (C=O) groups is 1. The van der Waals surface area contributed by atoms with E-state index < -0.39 is 15.9 Å². The van der Waals surface area contributed by atoms with Crippen molar-refractivity contribution in [3.63, 3.8) is 0 Å². The van der Waals surface area contributed by atoms with Gasteiger partial charge in [0.1, 0.15) is 11.9 Å². The molecule has 0 fully saturated rings. The Bertz CT molecular complexity index is 1110. The van der Waals surface area contributed by atoms with Crippen molar-refractivity contribution in [3.8, 4) is 5.69 Å². The summed E-state index contributed by atoms with van der Waals surface area (Å²) in [5.41, 5.74) is 1.56. The van der Waals surface area contributed by atoms with Crippen molar-refractivity contribution in [3.05, 3.63) is 80.7 Å². The van der Waals surface area contributed by atoms with Gasteiger partial charge in [0.05, 0.1) is 11.4 Å². The lowest BCUT2D eigenvalue weighted by Crippen LogP contribution is -2.49. The first-order valence-electron chi connectivity index (χ1n) is 8.83.